The molecule has 2 N–H and O–H groups in total. The van der Waals surface area contributed by atoms with Gasteiger partial charge in [-0.05, 0) is 47.6 Å². The quantitative estimate of drug-likeness (QED) is 0.487. The fourth-order valence-electron chi connectivity index (χ4n) is 1.62. The zero-order chi connectivity index (χ0) is 12.5. The van der Waals surface area contributed by atoms with Crippen LogP contribution in [0.2, 0.25) is 0 Å². The summed E-state index contributed by atoms with van der Waals surface area (Å²) in [6, 6.07) is 4.96. The Hall–Kier alpha value is -0.890. The molecule has 17 heavy (non-hydrogen) atoms. The van der Waals surface area contributed by atoms with Crippen molar-refractivity contribution in [2.75, 3.05) is 18.5 Å². The molecule has 1 fully saturated rings. The second-order valence-electron chi connectivity index (χ2n) is 4.43. The molecule has 0 heterocycles. The van der Waals surface area contributed by atoms with Crippen molar-refractivity contribution in [3.8, 4) is 0 Å². The standard InChI is InChI=1S/C11H13IN2O3/c12-9-5-8(1-2-10(9)14(16)17)13-6-11(7-15)3-4-11/h1-2,5,13,15H,3-4,6-7H2. The molecule has 1 aromatic carbocycles. The van der Waals surface area contributed by atoms with Gasteiger partial charge >= 0.3 is 0 Å². The summed E-state index contributed by atoms with van der Waals surface area (Å²) in [5, 5.41) is 23.0. The van der Waals surface area contributed by atoms with Crippen LogP contribution >= 0.6 is 22.6 Å². The summed E-state index contributed by atoms with van der Waals surface area (Å²) < 4.78 is 0.617. The number of anilines is 1. The van der Waals surface area contributed by atoms with Crippen LogP contribution in [0, 0.1) is 19.1 Å². The second-order valence-corrected chi connectivity index (χ2v) is 5.60. The summed E-state index contributed by atoms with van der Waals surface area (Å²) in [4.78, 5) is 10.3. The Morgan fingerprint density at radius 2 is 2.24 bits per heavy atom. The normalized spacial score (nSPS) is 16.6. The topological polar surface area (TPSA) is 75.4 Å². The van der Waals surface area contributed by atoms with Gasteiger partial charge in [0.1, 0.15) is 0 Å². The number of aliphatic hydroxyl groups excluding tert-OH is 1. The Morgan fingerprint density at radius 1 is 1.53 bits per heavy atom. The summed E-state index contributed by atoms with van der Waals surface area (Å²) in [5.41, 5.74) is 1.02. The number of hydrogen-bond donors (Lipinski definition) is 2. The van der Waals surface area contributed by atoms with Gasteiger partial charge in [0, 0.05) is 23.7 Å². The van der Waals surface area contributed by atoms with E-state index in [1.54, 1.807) is 12.1 Å². The first kappa shape index (κ1) is 12.6. The summed E-state index contributed by atoms with van der Waals surface area (Å²) in [6.07, 6.45) is 2.08. The predicted molar refractivity (Wildman–Crippen MR) is 73.1 cm³/mol. The Balaban J connectivity index is 2.03. The molecule has 0 aromatic heterocycles. The Bertz CT molecular complexity index is 446. The van der Waals surface area contributed by atoms with Gasteiger partial charge in [-0.25, -0.2) is 0 Å². The molecule has 0 amide bonds. The highest BCUT2D eigenvalue weighted by Crippen LogP contribution is 2.45. The molecule has 0 radical (unpaired) electrons. The van der Waals surface area contributed by atoms with Crippen LogP contribution in [-0.2, 0) is 0 Å². The van der Waals surface area contributed by atoms with Crippen molar-refractivity contribution in [1.29, 1.82) is 0 Å². The lowest BCUT2D eigenvalue weighted by molar-refractivity contribution is -0.385. The number of hydrogen-bond acceptors (Lipinski definition) is 4. The molecule has 6 heteroatoms. The van der Waals surface area contributed by atoms with Gasteiger partial charge in [-0.15, -0.1) is 0 Å². The predicted octanol–water partition coefficient (Wildman–Crippen LogP) is 2.38. The van der Waals surface area contributed by atoms with Gasteiger partial charge in [-0.1, -0.05) is 0 Å². The molecule has 0 saturated heterocycles. The Morgan fingerprint density at radius 3 is 2.71 bits per heavy atom. The Labute approximate surface area is 113 Å². The van der Waals surface area contributed by atoms with Crippen LogP contribution in [0.15, 0.2) is 18.2 Å². The van der Waals surface area contributed by atoms with Crippen LogP contribution in [0.1, 0.15) is 12.8 Å². The minimum absolute atomic E-state index is 0.0349. The van der Waals surface area contributed by atoms with E-state index in [0.717, 1.165) is 25.1 Å². The Kier molecular flexibility index (Phi) is 3.53. The number of nitro groups is 1. The first-order chi connectivity index (χ1) is 8.06. The SMILES string of the molecule is O=[N+]([O-])c1ccc(NCC2(CO)CC2)cc1I. The molecule has 1 saturated carbocycles. The van der Waals surface area contributed by atoms with E-state index in [1.807, 2.05) is 22.6 Å². The summed E-state index contributed by atoms with van der Waals surface area (Å²) in [7, 11) is 0. The van der Waals surface area contributed by atoms with Crippen molar-refractivity contribution >= 4 is 34.0 Å². The van der Waals surface area contributed by atoms with E-state index in [9.17, 15) is 15.2 Å². The molecule has 0 atom stereocenters. The van der Waals surface area contributed by atoms with Gasteiger partial charge in [-0.3, -0.25) is 10.1 Å². The minimum Gasteiger partial charge on any atom is -0.396 e. The highest BCUT2D eigenvalue weighted by Gasteiger charge is 2.41. The monoisotopic (exact) mass is 348 g/mol. The van der Waals surface area contributed by atoms with Crippen molar-refractivity contribution < 1.29 is 10.0 Å². The molecule has 0 bridgehead atoms. The first-order valence-electron chi connectivity index (χ1n) is 5.35. The van der Waals surface area contributed by atoms with Gasteiger partial charge < -0.3 is 10.4 Å². The zero-order valence-corrected chi connectivity index (χ0v) is 11.3. The second kappa shape index (κ2) is 4.77. The third-order valence-electron chi connectivity index (χ3n) is 3.10. The summed E-state index contributed by atoms with van der Waals surface area (Å²) >= 11 is 1.96. The maximum absolute atomic E-state index is 10.7. The number of benzene rings is 1. The van der Waals surface area contributed by atoms with Crippen molar-refractivity contribution in [3.63, 3.8) is 0 Å². The number of halogens is 1. The fourth-order valence-corrected chi connectivity index (χ4v) is 2.33. The number of aliphatic hydroxyl groups is 1. The molecule has 1 aliphatic rings. The number of nitrogens with one attached hydrogen (secondary N) is 1. The summed E-state index contributed by atoms with van der Waals surface area (Å²) in [6.45, 7) is 0.918. The van der Waals surface area contributed by atoms with Crippen LogP contribution in [0.3, 0.4) is 0 Å². The van der Waals surface area contributed by atoms with E-state index in [-0.39, 0.29) is 22.6 Å². The van der Waals surface area contributed by atoms with Crippen LogP contribution in [0.4, 0.5) is 11.4 Å². The van der Waals surface area contributed by atoms with E-state index in [2.05, 4.69) is 5.32 Å². The molecule has 1 aromatic rings. The molecule has 0 unspecified atom stereocenters. The minimum atomic E-state index is -0.387. The van der Waals surface area contributed by atoms with E-state index < -0.39 is 0 Å². The van der Waals surface area contributed by atoms with Crippen molar-refractivity contribution in [3.05, 3.63) is 31.9 Å². The van der Waals surface area contributed by atoms with Gasteiger partial charge in [0.15, 0.2) is 0 Å². The maximum atomic E-state index is 10.7. The average Bonchev–Trinajstić information content (AvgIpc) is 3.07. The zero-order valence-electron chi connectivity index (χ0n) is 9.15. The van der Waals surface area contributed by atoms with Gasteiger partial charge in [0.2, 0.25) is 0 Å². The van der Waals surface area contributed by atoms with Crippen LogP contribution in [0.5, 0.6) is 0 Å². The lowest BCUT2D eigenvalue weighted by Crippen LogP contribution is -2.19. The van der Waals surface area contributed by atoms with Gasteiger partial charge in [0.05, 0.1) is 15.1 Å². The lowest BCUT2D eigenvalue weighted by Gasteiger charge is -2.13. The van der Waals surface area contributed by atoms with Crippen LogP contribution < -0.4 is 5.32 Å². The highest BCUT2D eigenvalue weighted by molar-refractivity contribution is 14.1. The van der Waals surface area contributed by atoms with Gasteiger partial charge in [-0.2, -0.15) is 0 Å². The molecule has 0 spiro atoms. The maximum Gasteiger partial charge on any atom is 0.282 e. The van der Waals surface area contributed by atoms with Crippen LogP contribution in [-0.4, -0.2) is 23.2 Å². The number of rotatable bonds is 5. The number of nitrogens with zero attached hydrogens (tertiary/aromatic N) is 1. The first-order valence-corrected chi connectivity index (χ1v) is 6.43. The third kappa shape index (κ3) is 2.86. The molecule has 5 nitrogen and oxygen atoms in total. The molecular weight excluding hydrogens is 335 g/mol. The smallest absolute Gasteiger partial charge is 0.282 e. The van der Waals surface area contributed by atoms with E-state index in [1.165, 1.54) is 6.07 Å². The molecule has 2 rings (SSSR count). The average molecular weight is 348 g/mol. The van der Waals surface area contributed by atoms with Crippen LogP contribution in [0.25, 0.3) is 0 Å². The molecular formula is C11H13IN2O3. The van der Waals surface area contributed by atoms with Crippen molar-refractivity contribution in [2.45, 2.75) is 12.8 Å². The third-order valence-corrected chi connectivity index (χ3v) is 3.97. The highest BCUT2D eigenvalue weighted by atomic mass is 127. The van der Waals surface area contributed by atoms with Gasteiger partial charge in [0.25, 0.3) is 5.69 Å². The molecule has 92 valence electrons. The van der Waals surface area contributed by atoms with E-state index >= 15 is 0 Å². The lowest BCUT2D eigenvalue weighted by atomic mass is 10.1. The molecule has 1 aliphatic carbocycles. The summed E-state index contributed by atoms with van der Waals surface area (Å²) in [5.74, 6) is 0. The number of nitro benzene ring substituents is 1. The fraction of sp³-hybridized carbons (Fsp3) is 0.455. The van der Waals surface area contributed by atoms with E-state index in [4.69, 9.17) is 0 Å². The van der Waals surface area contributed by atoms with Crippen molar-refractivity contribution in [1.82, 2.24) is 0 Å². The van der Waals surface area contributed by atoms with E-state index in [0.29, 0.717) is 3.57 Å². The largest absolute Gasteiger partial charge is 0.396 e. The van der Waals surface area contributed by atoms with Crippen molar-refractivity contribution in [2.24, 2.45) is 5.41 Å². The molecule has 0 aliphatic heterocycles.